The molecular weight excluding hydrogens is 246 g/mol. The van der Waals surface area contributed by atoms with Gasteiger partial charge in [0.05, 0.1) is 6.07 Å². The summed E-state index contributed by atoms with van der Waals surface area (Å²) in [4.78, 5) is 24.7. The molecule has 0 atom stereocenters. The van der Waals surface area contributed by atoms with Gasteiger partial charge in [-0.1, -0.05) is 13.8 Å². The molecule has 0 aliphatic carbocycles. The van der Waals surface area contributed by atoms with Gasteiger partial charge in [0.25, 0.3) is 0 Å². The van der Waals surface area contributed by atoms with E-state index < -0.39 is 17.7 Å². The van der Waals surface area contributed by atoms with Crippen LogP contribution in [0.4, 0.5) is 9.59 Å². The zero-order chi connectivity index (χ0) is 15.1. The first-order valence-electron chi connectivity index (χ1n) is 6.32. The number of ether oxygens (including phenoxy) is 1. The molecule has 0 saturated heterocycles. The highest BCUT2D eigenvalue weighted by Crippen LogP contribution is 2.11. The van der Waals surface area contributed by atoms with E-state index in [0.717, 1.165) is 4.90 Å². The Bertz CT molecular complexity index is 353. The number of rotatable bonds is 4. The van der Waals surface area contributed by atoms with Crippen molar-refractivity contribution in [3.05, 3.63) is 0 Å². The third-order valence-electron chi connectivity index (χ3n) is 2.11. The number of nitrogens with one attached hydrogen (secondary N) is 1. The molecule has 6 nitrogen and oxygen atoms in total. The van der Waals surface area contributed by atoms with Crippen LogP contribution < -0.4 is 5.32 Å². The van der Waals surface area contributed by atoms with Gasteiger partial charge in [0, 0.05) is 6.54 Å². The Labute approximate surface area is 114 Å². The summed E-state index contributed by atoms with van der Waals surface area (Å²) >= 11 is 0. The average Bonchev–Trinajstić information content (AvgIpc) is 2.23. The number of hydrogen-bond acceptors (Lipinski definition) is 4. The van der Waals surface area contributed by atoms with Crippen molar-refractivity contribution in [2.45, 2.75) is 46.6 Å². The standard InChI is InChI=1S/C13H23N3O3/c1-10(2)6-9-16(11(17)15-8-7-14)12(18)19-13(3,4)5/h10H,6,8-9H2,1-5H3,(H,15,17). The summed E-state index contributed by atoms with van der Waals surface area (Å²) in [6, 6.07) is 1.19. The van der Waals surface area contributed by atoms with E-state index in [4.69, 9.17) is 10.00 Å². The molecule has 0 aromatic heterocycles. The first kappa shape index (κ1) is 17.2. The quantitative estimate of drug-likeness (QED) is 0.795. The van der Waals surface area contributed by atoms with Crippen LogP contribution >= 0.6 is 0 Å². The lowest BCUT2D eigenvalue weighted by molar-refractivity contribution is 0.0316. The molecule has 0 aromatic carbocycles. The van der Waals surface area contributed by atoms with Crippen molar-refractivity contribution >= 4 is 12.1 Å². The van der Waals surface area contributed by atoms with Gasteiger partial charge >= 0.3 is 12.1 Å². The molecule has 0 unspecified atom stereocenters. The van der Waals surface area contributed by atoms with Gasteiger partial charge in [-0.05, 0) is 33.1 Å². The average molecular weight is 269 g/mol. The van der Waals surface area contributed by atoms with Crippen molar-refractivity contribution in [2.24, 2.45) is 5.92 Å². The van der Waals surface area contributed by atoms with Crippen LogP contribution in [0.1, 0.15) is 41.0 Å². The van der Waals surface area contributed by atoms with Crippen LogP contribution in [0.2, 0.25) is 0 Å². The summed E-state index contributed by atoms with van der Waals surface area (Å²) in [5, 5.41) is 10.8. The van der Waals surface area contributed by atoms with E-state index in [2.05, 4.69) is 5.32 Å². The molecule has 0 radical (unpaired) electrons. The van der Waals surface area contributed by atoms with Crippen LogP contribution in [-0.4, -0.2) is 35.7 Å². The third-order valence-corrected chi connectivity index (χ3v) is 2.11. The fourth-order valence-corrected chi connectivity index (χ4v) is 1.19. The van der Waals surface area contributed by atoms with Crippen molar-refractivity contribution in [3.8, 4) is 6.07 Å². The van der Waals surface area contributed by atoms with Gasteiger partial charge in [-0.15, -0.1) is 0 Å². The smallest absolute Gasteiger partial charge is 0.418 e. The molecule has 3 amide bonds. The van der Waals surface area contributed by atoms with Gasteiger partial charge in [0.15, 0.2) is 0 Å². The van der Waals surface area contributed by atoms with E-state index in [0.29, 0.717) is 12.3 Å². The molecule has 108 valence electrons. The van der Waals surface area contributed by atoms with Crippen LogP contribution in [0.5, 0.6) is 0 Å². The fourth-order valence-electron chi connectivity index (χ4n) is 1.19. The number of imide groups is 1. The molecule has 0 rings (SSSR count). The molecule has 0 aromatic rings. The first-order chi connectivity index (χ1) is 8.67. The van der Waals surface area contributed by atoms with Crippen molar-refractivity contribution in [1.29, 1.82) is 5.26 Å². The molecule has 1 N–H and O–H groups in total. The lowest BCUT2D eigenvalue weighted by atomic mass is 10.1. The van der Waals surface area contributed by atoms with E-state index in [1.165, 1.54) is 0 Å². The number of carbonyl (C=O) groups excluding carboxylic acids is 2. The maximum atomic E-state index is 11.9. The molecule has 0 saturated carbocycles. The SMILES string of the molecule is CC(C)CCN(C(=O)NCC#N)C(=O)OC(C)(C)C. The monoisotopic (exact) mass is 269 g/mol. The number of carbonyl (C=O) groups is 2. The molecule has 19 heavy (non-hydrogen) atoms. The van der Waals surface area contributed by atoms with Crippen molar-refractivity contribution < 1.29 is 14.3 Å². The highest BCUT2D eigenvalue weighted by Gasteiger charge is 2.26. The number of urea groups is 1. The van der Waals surface area contributed by atoms with Crippen LogP contribution in [0, 0.1) is 17.2 Å². The summed E-state index contributed by atoms with van der Waals surface area (Å²) in [6.45, 7) is 9.33. The molecule has 0 aliphatic heterocycles. The Kier molecular flexibility index (Phi) is 6.91. The van der Waals surface area contributed by atoms with Gasteiger partial charge < -0.3 is 10.1 Å². The minimum absolute atomic E-state index is 0.139. The Morgan fingerprint density at radius 1 is 1.37 bits per heavy atom. The lowest BCUT2D eigenvalue weighted by Gasteiger charge is -2.26. The van der Waals surface area contributed by atoms with Crippen molar-refractivity contribution in [3.63, 3.8) is 0 Å². The van der Waals surface area contributed by atoms with Gasteiger partial charge in [-0.2, -0.15) is 5.26 Å². The topological polar surface area (TPSA) is 82.4 Å². The maximum absolute atomic E-state index is 11.9. The fraction of sp³-hybridized carbons (Fsp3) is 0.769. The number of hydrogen-bond donors (Lipinski definition) is 1. The second kappa shape index (κ2) is 7.62. The van der Waals surface area contributed by atoms with Crippen molar-refractivity contribution in [2.75, 3.05) is 13.1 Å². The molecule has 0 bridgehead atoms. The second-order valence-corrected chi connectivity index (χ2v) is 5.63. The van der Waals surface area contributed by atoms with E-state index in [1.54, 1.807) is 26.8 Å². The molecule has 0 fully saturated rings. The molecule has 0 heterocycles. The van der Waals surface area contributed by atoms with Gasteiger partial charge in [0.1, 0.15) is 12.1 Å². The van der Waals surface area contributed by atoms with Crippen LogP contribution in [0.3, 0.4) is 0 Å². The predicted molar refractivity (Wildman–Crippen MR) is 71.4 cm³/mol. The van der Waals surface area contributed by atoms with Gasteiger partial charge in [0.2, 0.25) is 0 Å². The summed E-state index contributed by atoms with van der Waals surface area (Å²) in [7, 11) is 0. The van der Waals surface area contributed by atoms with E-state index in [-0.39, 0.29) is 13.1 Å². The number of amides is 3. The van der Waals surface area contributed by atoms with Gasteiger partial charge in [-0.25, -0.2) is 14.5 Å². The Morgan fingerprint density at radius 3 is 2.37 bits per heavy atom. The van der Waals surface area contributed by atoms with Crippen LogP contribution in [0.25, 0.3) is 0 Å². The highest BCUT2D eigenvalue weighted by molar-refractivity contribution is 5.91. The predicted octanol–water partition coefficient (Wildman–Crippen LogP) is 2.50. The minimum atomic E-state index is -0.691. The van der Waals surface area contributed by atoms with E-state index in [9.17, 15) is 9.59 Å². The zero-order valence-corrected chi connectivity index (χ0v) is 12.3. The lowest BCUT2D eigenvalue weighted by Crippen LogP contribution is -2.46. The Morgan fingerprint density at radius 2 is 1.95 bits per heavy atom. The largest absolute Gasteiger partial charge is 0.443 e. The first-order valence-corrected chi connectivity index (χ1v) is 6.32. The summed E-state index contributed by atoms with van der Waals surface area (Å²) in [5.74, 6) is 0.355. The maximum Gasteiger partial charge on any atom is 0.418 e. The molecular formula is C13H23N3O3. The summed E-state index contributed by atoms with van der Waals surface area (Å²) < 4.78 is 5.18. The summed E-state index contributed by atoms with van der Waals surface area (Å²) in [6.07, 6.45) is -0.0113. The van der Waals surface area contributed by atoms with Crippen LogP contribution in [-0.2, 0) is 4.74 Å². The number of nitriles is 1. The molecule has 0 aliphatic rings. The third kappa shape index (κ3) is 8.03. The molecule has 0 spiro atoms. The van der Waals surface area contributed by atoms with Crippen molar-refractivity contribution in [1.82, 2.24) is 10.2 Å². The summed E-state index contributed by atoms with van der Waals surface area (Å²) in [5.41, 5.74) is -0.664. The Balaban J connectivity index is 4.70. The Hall–Kier alpha value is -1.77. The zero-order valence-electron chi connectivity index (χ0n) is 12.3. The normalized spacial score (nSPS) is 10.8. The minimum Gasteiger partial charge on any atom is -0.443 e. The second-order valence-electron chi connectivity index (χ2n) is 5.63. The molecule has 6 heteroatoms. The van der Waals surface area contributed by atoms with E-state index >= 15 is 0 Å². The van der Waals surface area contributed by atoms with E-state index in [1.807, 2.05) is 13.8 Å². The van der Waals surface area contributed by atoms with Crippen LogP contribution in [0.15, 0.2) is 0 Å². The number of nitrogens with zero attached hydrogens (tertiary/aromatic N) is 2. The highest BCUT2D eigenvalue weighted by atomic mass is 16.6. The van der Waals surface area contributed by atoms with Gasteiger partial charge in [-0.3, -0.25) is 0 Å².